The van der Waals surface area contributed by atoms with Gasteiger partial charge in [-0.25, -0.2) is 4.98 Å². The van der Waals surface area contributed by atoms with Crippen LogP contribution < -0.4 is 5.32 Å². The molecule has 0 aliphatic heterocycles. The molecule has 1 N–H and O–H groups in total. The minimum Gasteiger partial charge on any atom is -0.384 e. The number of hydrogen-bond donors (Lipinski definition) is 1. The van der Waals surface area contributed by atoms with Crippen molar-refractivity contribution in [1.82, 2.24) is 9.36 Å². The first-order chi connectivity index (χ1) is 8.81. The van der Waals surface area contributed by atoms with Gasteiger partial charge in [0.2, 0.25) is 5.13 Å². The summed E-state index contributed by atoms with van der Waals surface area (Å²) in [6.45, 7) is 2.80. The van der Waals surface area contributed by atoms with Crippen LogP contribution in [0.15, 0.2) is 24.3 Å². The van der Waals surface area contributed by atoms with Gasteiger partial charge in [0.05, 0.1) is 6.61 Å². The highest BCUT2D eigenvalue weighted by atomic mass is 32.1. The van der Waals surface area contributed by atoms with E-state index in [1.54, 1.807) is 7.11 Å². The number of aromatic nitrogens is 2. The Morgan fingerprint density at radius 2 is 2.28 bits per heavy atom. The second-order valence-corrected chi connectivity index (χ2v) is 4.69. The highest BCUT2D eigenvalue weighted by molar-refractivity contribution is 7.09. The maximum atomic E-state index is 5.01. The summed E-state index contributed by atoms with van der Waals surface area (Å²) in [6.07, 6.45) is 1.79. The van der Waals surface area contributed by atoms with Crippen LogP contribution in [0.3, 0.4) is 0 Å². The average molecular weight is 263 g/mol. The maximum Gasteiger partial charge on any atom is 0.207 e. The summed E-state index contributed by atoms with van der Waals surface area (Å²) in [5.74, 6) is 0.830. The summed E-state index contributed by atoms with van der Waals surface area (Å²) in [5.41, 5.74) is 2.37. The van der Waals surface area contributed by atoms with Crippen molar-refractivity contribution in [3.63, 3.8) is 0 Å². The van der Waals surface area contributed by atoms with E-state index < -0.39 is 0 Å². The van der Waals surface area contributed by atoms with Crippen molar-refractivity contribution < 1.29 is 4.74 Å². The Balaban J connectivity index is 2.01. The van der Waals surface area contributed by atoms with Crippen molar-refractivity contribution in [2.24, 2.45) is 0 Å². The van der Waals surface area contributed by atoms with Gasteiger partial charge in [-0.05, 0) is 24.1 Å². The van der Waals surface area contributed by atoms with E-state index in [-0.39, 0.29) is 0 Å². The quantitative estimate of drug-likeness (QED) is 0.870. The third-order valence-corrected chi connectivity index (χ3v) is 3.25. The van der Waals surface area contributed by atoms with E-state index in [0.29, 0.717) is 6.61 Å². The number of rotatable bonds is 6. The topological polar surface area (TPSA) is 47.0 Å². The fourth-order valence-electron chi connectivity index (χ4n) is 1.59. The molecule has 2 aromatic rings. The lowest BCUT2D eigenvalue weighted by Crippen LogP contribution is -1.97. The van der Waals surface area contributed by atoms with Crippen molar-refractivity contribution in [2.75, 3.05) is 19.0 Å². The minimum atomic E-state index is 0.654. The fraction of sp³-hybridized carbons (Fsp3) is 0.385. The molecule has 0 aliphatic carbocycles. The van der Waals surface area contributed by atoms with E-state index in [0.717, 1.165) is 29.5 Å². The molecule has 0 spiro atoms. The molecule has 1 heterocycles. The zero-order chi connectivity index (χ0) is 12.8. The Kier molecular flexibility index (Phi) is 4.66. The monoisotopic (exact) mass is 263 g/mol. The maximum absolute atomic E-state index is 5.01. The summed E-state index contributed by atoms with van der Waals surface area (Å²) in [6, 6.07) is 8.34. The molecule has 18 heavy (non-hydrogen) atoms. The van der Waals surface area contributed by atoms with Gasteiger partial charge in [-0.1, -0.05) is 19.1 Å². The fourth-order valence-corrected chi connectivity index (χ4v) is 2.23. The molecule has 2 rings (SSSR count). The van der Waals surface area contributed by atoms with Gasteiger partial charge in [-0.2, -0.15) is 4.37 Å². The predicted octanol–water partition coefficient (Wildman–Crippen LogP) is 3.03. The Labute approximate surface area is 111 Å². The van der Waals surface area contributed by atoms with Crippen LogP contribution in [0.25, 0.3) is 0 Å². The number of hydrogen-bond acceptors (Lipinski definition) is 5. The highest BCUT2D eigenvalue weighted by Gasteiger charge is 2.04. The molecule has 0 radical (unpaired) electrons. The first-order valence-corrected chi connectivity index (χ1v) is 6.76. The van der Waals surface area contributed by atoms with Crippen molar-refractivity contribution in [1.29, 1.82) is 0 Å². The first kappa shape index (κ1) is 13.0. The molecular weight excluding hydrogens is 246 g/mol. The van der Waals surface area contributed by atoms with E-state index in [9.17, 15) is 0 Å². The Morgan fingerprint density at radius 1 is 1.39 bits per heavy atom. The summed E-state index contributed by atoms with van der Waals surface area (Å²) >= 11 is 1.38. The third-order valence-electron chi connectivity index (χ3n) is 2.58. The van der Waals surface area contributed by atoms with E-state index in [2.05, 4.69) is 33.7 Å². The lowest BCUT2D eigenvalue weighted by molar-refractivity contribution is 0.201. The molecule has 5 heteroatoms. The van der Waals surface area contributed by atoms with Gasteiger partial charge in [0.1, 0.15) is 5.82 Å². The summed E-state index contributed by atoms with van der Waals surface area (Å²) in [5, 5.41) is 4.11. The van der Waals surface area contributed by atoms with Crippen molar-refractivity contribution in [3.8, 4) is 0 Å². The van der Waals surface area contributed by atoms with Gasteiger partial charge in [0.15, 0.2) is 0 Å². The van der Waals surface area contributed by atoms with Crippen LogP contribution in [-0.4, -0.2) is 23.1 Å². The van der Waals surface area contributed by atoms with Crippen LogP contribution in [0, 0.1) is 0 Å². The van der Waals surface area contributed by atoms with Crippen LogP contribution >= 0.6 is 11.5 Å². The van der Waals surface area contributed by atoms with E-state index in [1.165, 1.54) is 17.1 Å². The van der Waals surface area contributed by atoms with Crippen LogP contribution in [0.2, 0.25) is 0 Å². The lowest BCUT2D eigenvalue weighted by Gasteiger charge is -2.03. The summed E-state index contributed by atoms with van der Waals surface area (Å²) in [4.78, 5) is 4.41. The van der Waals surface area contributed by atoms with Gasteiger partial charge in [-0.15, -0.1) is 0 Å². The zero-order valence-corrected chi connectivity index (χ0v) is 11.5. The zero-order valence-electron chi connectivity index (χ0n) is 10.6. The number of anilines is 2. The van der Waals surface area contributed by atoms with Gasteiger partial charge in [0.25, 0.3) is 0 Å². The molecule has 0 fully saturated rings. The van der Waals surface area contributed by atoms with E-state index >= 15 is 0 Å². The largest absolute Gasteiger partial charge is 0.384 e. The number of methoxy groups -OCH3 is 1. The van der Waals surface area contributed by atoms with Crippen molar-refractivity contribution in [2.45, 2.75) is 19.8 Å². The molecule has 1 aromatic heterocycles. The standard InChI is InChI=1S/C13H17N3OS/c1-3-10-5-4-6-11(9-10)14-13-15-12(16-18-13)7-8-17-2/h4-6,9H,3,7-8H2,1-2H3,(H,14,15,16). The third kappa shape index (κ3) is 3.51. The summed E-state index contributed by atoms with van der Waals surface area (Å²) < 4.78 is 9.29. The van der Waals surface area contributed by atoms with Gasteiger partial charge in [0, 0.05) is 30.8 Å². The van der Waals surface area contributed by atoms with E-state index in [4.69, 9.17) is 4.74 Å². The summed E-state index contributed by atoms with van der Waals surface area (Å²) in [7, 11) is 1.68. The van der Waals surface area contributed by atoms with Crippen LogP contribution in [0.5, 0.6) is 0 Å². The van der Waals surface area contributed by atoms with Gasteiger partial charge >= 0.3 is 0 Å². The van der Waals surface area contributed by atoms with Crippen molar-refractivity contribution in [3.05, 3.63) is 35.7 Å². The van der Waals surface area contributed by atoms with Crippen LogP contribution in [0.4, 0.5) is 10.8 Å². The number of ether oxygens (including phenoxy) is 1. The Morgan fingerprint density at radius 3 is 3.06 bits per heavy atom. The highest BCUT2D eigenvalue weighted by Crippen LogP contribution is 2.19. The lowest BCUT2D eigenvalue weighted by atomic mass is 10.1. The molecule has 0 bridgehead atoms. The Hall–Kier alpha value is -1.46. The molecule has 0 atom stereocenters. The molecule has 4 nitrogen and oxygen atoms in total. The van der Waals surface area contributed by atoms with Gasteiger partial charge in [-0.3, -0.25) is 0 Å². The smallest absolute Gasteiger partial charge is 0.207 e. The second kappa shape index (κ2) is 6.47. The molecular formula is C13H17N3OS. The molecule has 0 unspecified atom stereocenters. The first-order valence-electron chi connectivity index (χ1n) is 5.99. The van der Waals surface area contributed by atoms with E-state index in [1.807, 2.05) is 12.1 Å². The number of nitrogens with one attached hydrogen (secondary N) is 1. The van der Waals surface area contributed by atoms with Crippen LogP contribution in [-0.2, 0) is 17.6 Å². The van der Waals surface area contributed by atoms with Crippen LogP contribution in [0.1, 0.15) is 18.3 Å². The van der Waals surface area contributed by atoms with Crippen molar-refractivity contribution >= 4 is 22.4 Å². The minimum absolute atomic E-state index is 0.654. The number of benzene rings is 1. The average Bonchev–Trinajstić information content (AvgIpc) is 2.84. The molecule has 0 saturated carbocycles. The molecule has 0 amide bonds. The number of aryl methyl sites for hydroxylation is 1. The Bertz CT molecular complexity index is 498. The molecule has 1 aromatic carbocycles. The predicted molar refractivity (Wildman–Crippen MR) is 74.6 cm³/mol. The SMILES string of the molecule is CCc1cccc(Nc2nc(CCOC)ns2)c1. The molecule has 0 aliphatic rings. The second-order valence-electron chi connectivity index (χ2n) is 3.94. The normalized spacial score (nSPS) is 10.6. The van der Waals surface area contributed by atoms with Gasteiger partial charge < -0.3 is 10.1 Å². The molecule has 96 valence electrons. The molecule has 0 saturated heterocycles. The number of nitrogens with zero attached hydrogens (tertiary/aromatic N) is 2.